The predicted molar refractivity (Wildman–Crippen MR) is 120 cm³/mol. The van der Waals surface area contributed by atoms with Crippen LogP contribution in [0, 0.1) is 5.41 Å². The molecule has 0 radical (unpaired) electrons. The van der Waals surface area contributed by atoms with Crippen molar-refractivity contribution >= 4 is 6.09 Å². The van der Waals surface area contributed by atoms with E-state index in [1.807, 2.05) is 0 Å². The van der Waals surface area contributed by atoms with Crippen LogP contribution in [0.3, 0.4) is 0 Å². The predicted octanol–water partition coefficient (Wildman–Crippen LogP) is 4.17. The molecule has 2 saturated heterocycles. The van der Waals surface area contributed by atoms with E-state index in [0.29, 0.717) is 12.6 Å². The van der Waals surface area contributed by atoms with Crippen LogP contribution in [0.4, 0.5) is 4.79 Å². The molecule has 30 heavy (non-hydrogen) atoms. The third kappa shape index (κ3) is 4.23. The summed E-state index contributed by atoms with van der Waals surface area (Å²) in [6, 6.07) is 22.2. The van der Waals surface area contributed by atoms with Gasteiger partial charge in [-0.2, -0.15) is 0 Å². The fraction of sp³-hybridized carbons (Fsp3) is 0.480. The Morgan fingerprint density at radius 1 is 0.900 bits per heavy atom. The highest BCUT2D eigenvalue weighted by Crippen LogP contribution is 2.35. The first-order valence-corrected chi connectivity index (χ1v) is 10.9. The van der Waals surface area contributed by atoms with E-state index in [1.165, 1.54) is 11.1 Å². The summed E-state index contributed by atoms with van der Waals surface area (Å²) >= 11 is 0. The maximum atomic E-state index is 11.7. The first-order chi connectivity index (χ1) is 14.3. The highest BCUT2D eigenvalue weighted by molar-refractivity contribution is 5.65. The van der Waals surface area contributed by atoms with Crippen LogP contribution in [-0.2, 0) is 0 Å². The van der Waals surface area contributed by atoms with Crippen LogP contribution in [0.1, 0.15) is 37.9 Å². The normalized spacial score (nSPS) is 21.6. The molecule has 2 aromatic carbocycles. The lowest BCUT2D eigenvalue weighted by molar-refractivity contribution is -0.0427. The van der Waals surface area contributed by atoms with Crippen molar-refractivity contribution in [2.24, 2.45) is 5.41 Å². The monoisotopic (exact) mass is 407 g/mol. The van der Waals surface area contributed by atoms with Gasteiger partial charge in [-0.3, -0.25) is 9.80 Å². The van der Waals surface area contributed by atoms with Crippen LogP contribution < -0.4 is 0 Å². The number of piperazine rings is 1. The van der Waals surface area contributed by atoms with Crippen LogP contribution >= 0.6 is 0 Å². The Morgan fingerprint density at radius 3 is 1.90 bits per heavy atom. The van der Waals surface area contributed by atoms with Gasteiger partial charge in [0.2, 0.25) is 0 Å². The Bertz CT molecular complexity index is 804. The molecule has 2 aliphatic heterocycles. The molecular weight excluding hydrogens is 374 g/mol. The van der Waals surface area contributed by atoms with Crippen molar-refractivity contribution in [2.75, 3.05) is 32.7 Å². The Kier molecular flexibility index (Phi) is 5.85. The molecule has 0 spiro atoms. The number of amides is 1. The summed E-state index contributed by atoms with van der Waals surface area (Å²) in [4.78, 5) is 18.4. The van der Waals surface area contributed by atoms with Crippen LogP contribution in [-0.4, -0.2) is 70.7 Å². The molecule has 2 aromatic rings. The van der Waals surface area contributed by atoms with Gasteiger partial charge in [-0.1, -0.05) is 81.4 Å². The quantitative estimate of drug-likeness (QED) is 0.826. The summed E-state index contributed by atoms with van der Waals surface area (Å²) in [5.74, 6) is 0. The smallest absolute Gasteiger partial charge is 0.407 e. The molecule has 4 rings (SSSR count). The molecule has 2 aliphatic rings. The van der Waals surface area contributed by atoms with Crippen LogP contribution in [0.5, 0.6) is 0 Å². The van der Waals surface area contributed by atoms with Gasteiger partial charge in [-0.15, -0.1) is 0 Å². The molecule has 2 fully saturated rings. The van der Waals surface area contributed by atoms with Gasteiger partial charge in [0.05, 0.1) is 12.1 Å². The van der Waals surface area contributed by atoms with Gasteiger partial charge >= 0.3 is 6.09 Å². The van der Waals surface area contributed by atoms with Gasteiger partial charge in [0.15, 0.2) is 0 Å². The van der Waals surface area contributed by atoms with Crippen LogP contribution in [0.2, 0.25) is 0 Å². The van der Waals surface area contributed by atoms with Gasteiger partial charge in [-0.25, -0.2) is 4.79 Å². The molecule has 0 aliphatic carbocycles. The average Bonchev–Trinajstić information content (AvgIpc) is 2.70. The maximum Gasteiger partial charge on any atom is 0.407 e. The van der Waals surface area contributed by atoms with E-state index < -0.39 is 6.09 Å². The largest absolute Gasteiger partial charge is 0.465 e. The van der Waals surface area contributed by atoms with E-state index in [-0.39, 0.29) is 17.5 Å². The van der Waals surface area contributed by atoms with E-state index in [0.717, 1.165) is 26.2 Å². The van der Waals surface area contributed by atoms with Gasteiger partial charge in [0.1, 0.15) is 0 Å². The highest BCUT2D eigenvalue weighted by Gasteiger charge is 2.43. The number of hydrogen-bond donors (Lipinski definition) is 1. The van der Waals surface area contributed by atoms with Crippen molar-refractivity contribution in [3.63, 3.8) is 0 Å². The van der Waals surface area contributed by atoms with E-state index in [4.69, 9.17) is 0 Å². The number of hydrogen-bond acceptors (Lipinski definition) is 3. The Hall–Kier alpha value is -2.37. The molecule has 1 amide bonds. The van der Waals surface area contributed by atoms with Crippen LogP contribution in [0.25, 0.3) is 0 Å². The van der Waals surface area contributed by atoms with Gasteiger partial charge in [0.25, 0.3) is 0 Å². The summed E-state index contributed by atoms with van der Waals surface area (Å²) < 4.78 is 0. The van der Waals surface area contributed by atoms with E-state index in [9.17, 15) is 9.90 Å². The van der Waals surface area contributed by atoms with Crippen molar-refractivity contribution in [3.8, 4) is 0 Å². The molecule has 1 atom stereocenters. The van der Waals surface area contributed by atoms with E-state index >= 15 is 0 Å². The topological polar surface area (TPSA) is 47.0 Å². The number of nitrogens with zero attached hydrogens (tertiary/aromatic N) is 3. The lowest BCUT2D eigenvalue weighted by atomic mass is 9.83. The van der Waals surface area contributed by atoms with Crippen molar-refractivity contribution in [1.82, 2.24) is 14.7 Å². The van der Waals surface area contributed by atoms with Gasteiger partial charge < -0.3 is 10.0 Å². The minimum absolute atomic E-state index is 0.0249. The first-order valence-electron chi connectivity index (χ1n) is 10.9. The second-order valence-electron chi connectivity index (χ2n) is 9.68. The van der Waals surface area contributed by atoms with Crippen molar-refractivity contribution in [2.45, 2.75) is 38.9 Å². The second kappa shape index (κ2) is 8.40. The lowest BCUT2D eigenvalue weighted by Gasteiger charge is -2.54. The Morgan fingerprint density at radius 2 is 1.43 bits per heavy atom. The average molecular weight is 408 g/mol. The third-order valence-electron chi connectivity index (χ3n) is 6.66. The van der Waals surface area contributed by atoms with Gasteiger partial charge in [-0.05, 0) is 16.5 Å². The molecule has 5 nitrogen and oxygen atoms in total. The van der Waals surface area contributed by atoms with Crippen molar-refractivity contribution in [3.05, 3.63) is 71.8 Å². The molecule has 0 aromatic heterocycles. The second-order valence-corrected chi connectivity index (χ2v) is 9.68. The Labute approximate surface area is 179 Å². The summed E-state index contributed by atoms with van der Waals surface area (Å²) in [5, 5.41) is 9.63. The number of likely N-dealkylation sites (tertiary alicyclic amines) is 1. The zero-order valence-electron chi connectivity index (χ0n) is 18.2. The highest BCUT2D eigenvalue weighted by atomic mass is 16.4. The molecule has 5 heteroatoms. The zero-order chi connectivity index (χ0) is 21.3. The first kappa shape index (κ1) is 20.9. The molecule has 2 heterocycles. The molecule has 0 bridgehead atoms. The lowest BCUT2D eigenvalue weighted by Crippen LogP contribution is -2.67. The van der Waals surface area contributed by atoms with E-state index in [2.05, 4.69) is 91.2 Å². The van der Waals surface area contributed by atoms with Crippen LogP contribution in [0.15, 0.2) is 60.7 Å². The number of carboxylic acid groups (broad SMARTS) is 1. The summed E-state index contributed by atoms with van der Waals surface area (Å²) in [6.07, 6.45) is -0.793. The fourth-order valence-electron chi connectivity index (χ4n) is 4.92. The fourth-order valence-corrected chi connectivity index (χ4v) is 4.92. The summed E-state index contributed by atoms with van der Waals surface area (Å²) in [6.45, 7) is 10.7. The minimum atomic E-state index is -0.793. The van der Waals surface area contributed by atoms with E-state index in [1.54, 1.807) is 4.90 Å². The summed E-state index contributed by atoms with van der Waals surface area (Å²) in [5.41, 5.74) is 2.58. The summed E-state index contributed by atoms with van der Waals surface area (Å²) in [7, 11) is 0. The minimum Gasteiger partial charge on any atom is -0.465 e. The Balaban J connectivity index is 1.47. The third-order valence-corrected chi connectivity index (χ3v) is 6.66. The van der Waals surface area contributed by atoms with Crippen molar-refractivity contribution in [1.29, 1.82) is 0 Å². The zero-order valence-corrected chi connectivity index (χ0v) is 18.2. The molecular formula is C25H33N3O2. The molecule has 0 saturated carbocycles. The molecule has 160 valence electrons. The van der Waals surface area contributed by atoms with Crippen molar-refractivity contribution < 1.29 is 9.90 Å². The maximum absolute atomic E-state index is 11.7. The number of rotatable bonds is 4. The standard InChI is InChI=1S/C25H33N3O2/c1-25(2,3)22-18-26(14-15-28(22)24(29)30)21-16-27(17-21)23(19-10-6-4-7-11-19)20-12-8-5-9-13-20/h4-13,21-23H,14-18H2,1-3H3,(H,29,30). The molecule has 1 N–H and O–H groups in total. The van der Waals surface area contributed by atoms with Gasteiger partial charge in [0, 0.05) is 38.8 Å². The number of carbonyl (C=O) groups is 1. The molecule has 1 unspecified atom stereocenters. The SMILES string of the molecule is CC(C)(C)C1CN(C2CN(C(c3ccccc3)c3ccccc3)C2)CCN1C(=O)O. The number of benzene rings is 2.